The molecule has 1 amide bonds. The molecule has 0 aliphatic carbocycles. The Labute approximate surface area is 228 Å². The number of rotatable bonds is 14. The number of amides is 1. The van der Waals surface area contributed by atoms with Crippen molar-refractivity contribution in [2.45, 2.75) is 39.0 Å². The van der Waals surface area contributed by atoms with Crippen LogP contribution in [0.2, 0.25) is 0 Å². The van der Waals surface area contributed by atoms with E-state index in [0.717, 1.165) is 52.1 Å². The van der Waals surface area contributed by atoms with Gasteiger partial charge in [0.2, 0.25) is 5.91 Å². The Morgan fingerprint density at radius 3 is 1.95 bits per heavy atom. The fourth-order valence-corrected chi connectivity index (χ4v) is 4.26. The second-order valence-electron chi connectivity index (χ2n) is 9.65. The molecule has 0 saturated carbocycles. The number of nitrogens with zero attached hydrogens (tertiary/aromatic N) is 3. The Morgan fingerprint density at radius 2 is 1.41 bits per heavy atom. The molecule has 0 spiro atoms. The van der Waals surface area contributed by atoms with Gasteiger partial charge in [-0.05, 0) is 64.4 Å². The minimum absolute atomic E-state index is 0.00487. The third-order valence-corrected chi connectivity index (χ3v) is 6.70. The summed E-state index contributed by atoms with van der Waals surface area (Å²) < 4.78 is 5.81. The molecule has 8 heteroatoms. The maximum Gasteiger partial charge on any atom is 0.306 e. The molecule has 0 aromatic heterocycles. The van der Waals surface area contributed by atoms with Crippen LogP contribution in [0.4, 0.5) is 0 Å². The monoisotopic (exact) mass is 526 g/mol. The number of carbonyl (C=O) groups is 2. The standard InChI is InChI=1S/C31H34N4O4/c1-22(31(37)38)5-2-3-19-32-30(36)6-4-20-39-28-17-15-26(16-18-28)24-9-7-23(8-10-24)25-11-13-27(14-12-25)29-21-33-35-34-29/h7-18,22H,2-6,19-21H2,1H3,(H,32,36)(H,37,38)/t22-/m0/s1. The largest absolute Gasteiger partial charge is 0.494 e. The van der Waals surface area contributed by atoms with E-state index in [1.165, 1.54) is 0 Å². The first-order valence-corrected chi connectivity index (χ1v) is 13.4. The lowest BCUT2D eigenvalue weighted by Gasteiger charge is -2.09. The molecule has 1 aliphatic rings. The number of ether oxygens (including phenoxy) is 1. The summed E-state index contributed by atoms with van der Waals surface area (Å²) in [5.74, 6) is -0.342. The maximum absolute atomic E-state index is 12.0. The Bertz CT molecular complexity index is 1300. The molecule has 0 radical (unpaired) electrons. The number of carboxylic acids is 1. The average Bonchev–Trinajstić information content (AvgIpc) is 3.51. The van der Waals surface area contributed by atoms with Gasteiger partial charge in [0.25, 0.3) is 0 Å². The highest BCUT2D eigenvalue weighted by atomic mass is 16.5. The predicted octanol–water partition coefficient (Wildman–Crippen LogP) is 6.36. The lowest BCUT2D eigenvalue weighted by Crippen LogP contribution is -2.24. The predicted molar refractivity (Wildman–Crippen MR) is 152 cm³/mol. The fraction of sp³-hybridized carbons (Fsp3) is 0.323. The van der Waals surface area contributed by atoms with Gasteiger partial charge in [-0.25, -0.2) is 0 Å². The molecule has 4 rings (SSSR count). The van der Waals surface area contributed by atoms with Crippen molar-refractivity contribution in [3.8, 4) is 28.0 Å². The van der Waals surface area contributed by atoms with E-state index >= 15 is 0 Å². The van der Waals surface area contributed by atoms with E-state index in [4.69, 9.17) is 9.84 Å². The minimum atomic E-state index is -0.772. The van der Waals surface area contributed by atoms with Crippen molar-refractivity contribution in [1.82, 2.24) is 5.32 Å². The first kappa shape index (κ1) is 27.7. The van der Waals surface area contributed by atoms with Gasteiger partial charge in [0.1, 0.15) is 12.3 Å². The molecule has 3 aromatic rings. The molecule has 1 atom stereocenters. The molecule has 8 nitrogen and oxygen atoms in total. The summed E-state index contributed by atoms with van der Waals surface area (Å²) in [4.78, 5) is 22.8. The van der Waals surface area contributed by atoms with E-state index in [2.05, 4.69) is 69.3 Å². The van der Waals surface area contributed by atoms with Gasteiger partial charge in [-0.15, -0.1) is 5.10 Å². The molecular formula is C31H34N4O4. The van der Waals surface area contributed by atoms with Gasteiger partial charge in [0.05, 0.1) is 18.2 Å². The summed E-state index contributed by atoms with van der Waals surface area (Å²) in [7, 11) is 0. The number of carboxylic acid groups (broad SMARTS) is 1. The van der Waals surface area contributed by atoms with Gasteiger partial charge in [-0.2, -0.15) is 5.11 Å². The molecule has 0 fully saturated rings. The van der Waals surface area contributed by atoms with Crippen molar-refractivity contribution >= 4 is 17.6 Å². The van der Waals surface area contributed by atoms with Crippen LogP contribution in [0, 0.1) is 5.92 Å². The van der Waals surface area contributed by atoms with E-state index < -0.39 is 5.97 Å². The highest BCUT2D eigenvalue weighted by molar-refractivity contribution is 6.02. The highest BCUT2D eigenvalue weighted by Crippen LogP contribution is 2.27. The molecule has 3 aromatic carbocycles. The summed E-state index contributed by atoms with van der Waals surface area (Å²) >= 11 is 0. The van der Waals surface area contributed by atoms with Gasteiger partial charge in [0.15, 0.2) is 0 Å². The molecule has 0 saturated heterocycles. The van der Waals surface area contributed by atoms with E-state index in [1.54, 1.807) is 6.92 Å². The average molecular weight is 527 g/mol. The maximum atomic E-state index is 12.0. The Balaban J connectivity index is 1.16. The smallest absolute Gasteiger partial charge is 0.306 e. The first-order chi connectivity index (χ1) is 19.0. The fourth-order valence-electron chi connectivity index (χ4n) is 4.26. The van der Waals surface area contributed by atoms with Crippen molar-refractivity contribution in [1.29, 1.82) is 0 Å². The van der Waals surface area contributed by atoms with Crippen LogP contribution >= 0.6 is 0 Å². The van der Waals surface area contributed by atoms with Crippen LogP contribution in [-0.2, 0) is 9.59 Å². The number of nitrogens with one attached hydrogen (secondary N) is 1. The second-order valence-corrected chi connectivity index (χ2v) is 9.65. The number of unbranched alkanes of at least 4 members (excludes halogenated alkanes) is 1. The SMILES string of the molecule is C[C@@H](CCCCNC(=O)CCCOc1ccc(-c2ccc(-c3ccc(C4=NN=NC4)cc3)cc2)cc1)C(=O)O. The van der Waals surface area contributed by atoms with Crippen LogP contribution in [0.3, 0.4) is 0 Å². The lowest BCUT2D eigenvalue weighted by molar-refractivity contribution is -0.141. The summed E-state index contributed by atoms with van der Waals surface area (Å²) in [6.45, 7) is 3.28. The second kappa shape index (κ2) is 14.0. The van der Waals surface area contributed by atoms with E-state index in [-0.39, 0.29) is 11.8 Å². The van der Waals surface area contributed by atoms with Crippen LogP contribution in [0.5, 0.6) is 5.75 Å². The number of aliphatic carboxylic acids is 1. The summed E-state index contributed by atoms with van der Waals surface area (Å²) in [5.41, 5.74) is 6.45. The summed E-state index contributed by atoms with van der Waals surface area (Å²) in [6, 6.07) is 24.7. The molecule has 1 heterocycles. The van der Waals surface area contributed by atoms with E-state index in [9.17, 15) is 9.59 Å². The van der Waals surface area contributed by atoms with Crippen LogP contribution in [0.1, 0.15) is 44.6 Å². The number of hydrogen-bond donors (Lipinski definition) is 2. The molecular weight excluding hydrogens is 492 g/mol. The van der Waals surface area contributed by atoms with Gasteiger partial charge in [0, 0.05) is 13.0 Å². The highest BCUT2D eigenvalue weighted by Gasteiger charge is 2.10. The summed E-state index contributed by atoms with van der Waals surface area (Å²) in [5, 5.41) is 23.4. The van der Waals surface area contributed by atoms with Gasteiger partial charge >= 0.3 is 5.97 Å². The van der Waals surface area contributed by atoms with Crippen LogP contribution < -0.4 is 10.1 Å². The molecule has 2 N–H and O–H groups in total. The Morgan fingerprint density at radius 1 is 0.846 bits per heavy atom. The van der Waals surface area contributed by atoms with Crippen molar-refractivity contribution in [3.63, 3.8) is 0 Å². The lowest BCUT2D eigenvalue weighted by atomic mass is 9.99. The van der Waals surface area contributed by atoms with Crippen molar-refractivity contribution in [3.05, 3.63) is 78.4 Å². The number of carbonyl (C=O) groups excluding carboxylic acids is 1. The van der Waals surface area contributed by atoms with Crippen molar-refractivity contribution in [2.75, 3.05) is 19.7 Å². The van der Waals surface area contributed by atoms with Crippen LogP contribution in [0.15, 0.2) is 88.2 Å². The van der Waals surface area contributed by atoms with Crippen molar-refractivity contribution < 1.29 is 19.4 Å². The van der Waals surface area contributed by atoms with Crippen LogP contribution in [0.25, 0.3) is 22.3 Å². The third-order valence-electron chi connectivity index (χ3n) is 6.70. The van der Waals surface area contributed by atoms with E-state index in [1.807, 2.05) is 24.3 Å². The van der Waals surface area contributed by atoms with Crippen LogP contribution in [-0.4, -0.2) is 42.4 Å². The zero-order chi connectivity index (χ0) is 27.5. The zero-order valence-electron chi connectivity index (χ0n) is 22.2. The normalized spacial score (nSPS) is 13.1. The molecule has 1 aliphatic heterocycles. The molecule has 39 heavy (non-hydrogen) atoms. The molecule has 0 unspecified atom stereocenters. The topological polar surface area (TPSA) is 113 Å². The third kappa shape index (κ3) is 8.33. The Hall–Kier alpha value is -4.33. The number of hydrogen-bond acceptors (Lipinski definition) is 6. The Kier molecular flexibility index (Phi) is 9.94. The number of benzene rings is 3. The van der Waals surface area contributed by atoms with E-state index in [0.29, 0.717) is 39.0 Å². The van der Waals surface area contributed by atoms with Crippen molar-refractivity contribution in [2.24, 2.45) is 21.4 Å². The zero-order valence-corrected chi connectivity index (χ0v) is 22.2. The van der Waals surface area contributed by atoms with Gasteiger partial charge in [-0.1, -0.05) is 74.0 Å². The van der Waals surface area contributed by atoms with Gasteiger partial charge in [-0.3, -0.25) is 9.59 Å². The quantitative estimate of drug-likeness (QED) is 0.238. The molecule has 202 valence electrons. The first-order valence-electron chi connectivity index (χ1n) is 13.4. The van der Waals surface area contributed by atoms with Gasteiger partial charge < -0.3 is 15.2 Å². The molecule has 0 bridgehead atoms. The minimum Gasteiger partial charge on any atom is -0.494 e. The summed E-state index contributed by atoms with van der Waals surface area (Å²) in [6.07, 6.45) is 3.23.